The fourth-order valence-electron chi connectivity index (χ4n) is 2.12. The molecule has 2 N–H and O–H groups in total. The predicted octanol–water partition coefficient (Wildman–Crippen LogP) is 4.53. The number of anilines is 1. The molecule has 0 aliphatic carbocycles. The zero-order chi connectivity index (χ0) is 20.0. The molecule has 0 unspecified atom stereocenters. The number of carboxylic acids is 1. The number of ether oxygens (including phenoxy) is 1. The van der Waals surface area contributed by atoms with E-state index in [1.165, 1.54) is 6.08 Å². The van der Waals surface area contributed by atoms with E-state index in [1.54, 1.807) is 24.3 Å². The lowest BCUT2D eigenvalue weighted by Gasteiger charge is -2.10. The lowest BCUT2D eigenvalue weighted by atomic mass is 10.1. The molecular formula is C19H14Br2N2O4. The highest BCUT2D eigenvalue weighted by atomic mass is 79.9. The lowest BCUT2D eigenvalue weighted by molar-refractivity contribution is -0.139. The molecule has 2 rings (SSSR count). The van der Waals surface area contributed by atoms with Crippen molar-refractivity contribution in [3.05, 3.63) is 62.0 Å². The molecule has 0 radical (unpaired) electrons. The molecule has 0 bridgehead atoms. The van der Waals surface area contributed by atoms with Gasteiger partial charge in [0.15, 0.2) is 6.61 Å². The first-order chi connectivity index (χ1) is 12.8. The molecule has 138 valence electrons. The SMILES string of the molecule is Cc1cc(Br)c(NC(=O)/C(C#N)=C/c2ccc(OCC(=O)O)cc2)c(Br)c1. The minimum Gasteiger partial charge on any atom is -0.482 e. The Morgan fingerprint density at radius 2 is 1.81 bits per heavy atom. The first-order valence-corrected chi connectivity index (χ1v) is 9.22. The third-order valence-electron chi connectivity index (χ3n) is 3.34. The molecule has 0 spiro atoms. The van der Waals surface area contributed by atoms with Crippen molar-refractivity contribution in [1.29, 1.82) is 5.26 Å². The number of hydrogen-bond acceptors (Lipinski definition) is 4. The molecule has 0 aliphatic rings. The van der Waals surface area contributed by atoms with Crippen LogP contribution in [0.1, 0.15) is 11.1 Å². The summed E-state index contributed by atoms with van der Waals surface area (Å²) in [6.07, 6.45) is 1.44. The van der Waals surface area contributed by atoms with E-state index in [1.807, 2.05) is 25.1 Å². The number of nitrogens with one attached hydrogen (secondary N) is 1. The summed E-state index contributed by atoms with van der Waals surface area (Å²) in [5, 5.41) is 20.6. The number of aliphatic carboxylic acids is 1. The van der Waals surface area contributed by atoms with Gasteiger partial charge in [0.05, 0.1) is 5.69 Å². The van der Waals surface area contributed by atoms with Crippen molar-refractivity contribution in [3.63, 3.8) is 0 Å². The van der Waals surface area contributed by atoms with Gasteiger partial charge in [-0.3, -0.25) is 4.79 Å². The van der Waals surface area contributed by atoms with Gasteiger partial charge in [0, 0.05) is 8.95 Å². The van der Waals surface area contributed by atoms with Crippen LogP contribution in [-0.2, 0) is 9.59 Å². The van der Waals surface area contributed by atoms with Gasteiger partial charge in [-0.25, -0.2) is 4.79 Å². The van der Waals surface area contributed by atoms with Crippen LogP contribution < -0.4 is 10.1 Å². The number of nitriles is 1. The summed E-state index contributed by atoms with van der Waals surface area (Å²) in [6, 6.07) is 12.0. The van der Waals surface area contributed by atoms with Gasteiger partial charge in [-0.1, -0.05) is 12.1 Å². The molecule has 27 heavy (non-hydrogen) atoms. The molecule has 0 fully saturated rings. The number of hydrogen-bond donors (Lipinski definition) is 2. The Kier molecular flexibility index (Phi) is 7.16. The van der Waals surface area contributed by atoms with Gasteiger partial charge in [0.2, 0.25) is 0 Å². The average molecular weight is 494 g/mol. The third-order valence-corrected chi connectivity index (χ3v) is 4.59. The van der Waals surface area contributed by atoms with Gasteiger partial charge in [-0.2, -0.15) is 5.26 Å². The maximum absolute atomic E-state index is 12.4. The summed E-state index contributed by atoms with van der Waals surface area (Å²) >= 11 is 6.79. The minimum atomic E-state index is -1.07. The maximum Gasteiger partial charge on any atom is 0.341 e. The second-order valence-electron chi connectivity index (χ2n) is 5.48. The standard InChI is InChI=1S/C19H14Br2N2O4/c1-11-6-15(20)18(16(21)7-11)23-19(26)13(9-22)8-12-2-4-14(5-3-12)27-10-17(24)25/h2-8H,10H2,1H3,(H,23,26)(H,24,25)/b13-8+. The van der Waals surface area contributed by atoms with Crippen molar-refractivity contribution < 1.29 is 19.4 Å². The summed E-state index contributed by atoms with van der Waals surface area (Å²) in [6.45, 7) is 1.48. The smallest absolute Gasteiger partial charge is 0.341 e. The number of halogens is 2. The summed E-state index contributed by atoms with van der Waals surface area (Å²) in [5.41, 5.74) is 2.07. The fraction of sp³-hybridized carbons (Fsp3) is 0.105. The van der Waals surface area contributed by atoms with E-state index in [0.29, 0.717) is 25.9 Å². The van der Waals surface area contributed by atoms with Crippen LogP contribution in [0.15, 0.2) is 50.9 Å². The van der Waals surface area contributed by atoms with E-state index in [0.717, 1.165) is 5.56 Å². The quantitative estimate of drug-likeness (QED) is 0.455. The highest BCUT2D eigenvalue weighted by Crippen LogP contribution is 2.32. The first-order valence-electron chi connectivity index (χ1n) is 7.63. The zero-order valence-corrected chi connectivity index (χ0v) is 17.3. The van der Waals surface area contributed by atoms with E-state index >= 15 is 0 Å². The fourth-order valence-corrected chi connectivity index (χ4v) is 3.73. The summed E-state index contributed by atoms with van der Waals surface area (Å²) in [4.78, 5) is 22.9. The second kappa shape index (κ2) is 9.35. The van der Waals surface area contributed by atoms with Crippen molar-refractivity contribution in [2.45, 2.75) is 6.92 Å². The summed E-state index contributed by atoms with van der Waals surface area (Å²) in [7, 11) is 0. The van der Waals surface area contributed by atoms with Crippen LogP contribution in [0.3, 0.4) is 0 Å². The third kappa shape index (κ3) is 5.94. The highest BCUT2D eigenvalue weighted by Gasteiger charge is 2.14. The number of carboxylic acid groups (broad SMARTS) is 1. The van der Waals surface area contributed by atoms with Crippen LogP contribution in [0.25, 0.3) is 6.08 Å². The topological polar surface area (TPSA) is 99.4 Å². The molecule has 0 aliphatic heterocycles. The molecular weight excluding hydrogens is 480 g/mol. The molecule has 0 aromatic heterocycles. The number of aryl methyl sites for hydroxylation is 1. The maximum atomic E-state index is 12.4. The van der Waals surface area contributed by atoms with Crippen LogP contribution in [0.4, 0.5) is 5.69 Å². The number of amides is 1. The Morgan fingerprint density at radius 3 is 2.33 bits per heavy atom. The molecule has 0 atom stereocenters. The monoisotopic (exact) mass is 492 g/mol. The van der Waals surface area contributed by atoms with Crippen LogP contribution >= 0.6 is 31.9 Å². The van der Waals surface area contributed by atoms with Gasteiger partial charge in [0.1, 0.15) is 17.4 Å². The molecule has 0 saturated carbocycles. The Labute approximate surface area is 172 Å². The van der Waals surface area contributed by atoms with Crippen LogP contribution in [-0.4, -0.2) is 23.6 Å². The van der Waals surface area contributed by atoms with Gasteiger partial charge in [0.25, 0.3) is 5.91 Å². The Hall–Kier alpha value is -2.63. The molecule has 2 aromatic rings. The van der Waals surface area contributed by atoms with Crippen LogP contribution in [0.2, 0.25) is 0 Å². The summed E-state index contributed by atoms with van der Waals surface area (Å²) in [5.74, 6) is -1.24. The predicted molar refractivity (Wildman–Crippen MR) is 108 cm³/mol. The van der Waals surface area contributed by atoms with E-state index < -0.39 is 18.5 Å². The molecule has 1 amide bonds. The van der Waals surface area contributed by atoms with E-state index in [2.05, 4.69) is 37.2 Å². The van der Waals surface area contributed by atoms with Crippen molar-refractivity contribution in [2.75, 3.05) is 11.9 Å². The Balaban J connectivity index is 2.17. The van der Waals surface area contributed by atoms with Crippen molar-refractivity contribution >= 4 is 55.5 Å². The Bertz CT molecular complexity index is 924. The second-order valence-corrected chi connectivity index (χ2v) is 7.19. The number of rotatable bonds is 6. The number of benzene rings is 2. The van der Waals surface area contributed by atoms with Crippen molar-refractivity contribution in [1.82, 2.24) is 0 Å². The largest absolute Gasteiger partial charge is 0.482 e. The average Bonchev–Trinajstić information content (AvgIpc) is 2.61. The summed E-state index contributed by atoms with van der Waals surface area (Å²) < 4.78 is 6.43. The van der Waals surface area contributed by atoms with Gasteiger partial charge in [-0.05, 0) is 80.3 Å². The zero-order valence-electron chi connectivity index (χ0n) is 14.1. The molecule has 2 aromatic carbocycles. The minimum absolute atomic E-state index is 0.0754. The van der Waals surface area contributed by atoms with Crippen LogP contribution in [0.5, 0.6) is 5.75 Å². The first kappa shape index (κ1) is 20.7. The van der Waals surface area contributed by atoms with Crippen molar-refractivity contribution in [2.24, 2.45) is 0 Å². The van der Waals surface area contributed by atoms with E-state index in [9.17, 15) is 14.9 Å². The normalized spacial score (nSPS) is 10.8. The number of carbonyl (C=O) groups is 2. The number of carbonyl (C=O) groups excluding carboxylic acids is 1. The molecule has 8 heteroatoms. The molecule has 0 saturated heterocycles. The van der Waals surface area contributed by atoms with E-state index in [-0.39, 0.29) is 5.57 Å². The van der Waals surface area contributed by atoms with Crippen molar-refractivity contribution in [3.8, 4) is 11.8 Å². The molecule has 6 nitrogen and oxygen atoms in total. The van der Waals surface area contributed by atoms with Crippen LogP contribution in [0, 0.1) is 18.3 Å². The highest BCUT2D eigenvalue weighted by molar-refractivity contribution is 9.11. The van der Waals surface area contributed by atoms with E-state index in [4.69, 9.17) is 9.84 Å². The Morgan fingerprint density at radius 1 is 1.22 bits per heavy atom. The van der Waals surface area contributed by atoms with Gasteiger partial charge in [-0.15, -0.1) is 0 Å². The lowest BCUT2D eigenvalue weighted by Crippen LogP contribution is -2.14. The number of nitrogens with zero attached hydrogens (tertiary/aromatic N) is 1. The molecule has 0 heterocycles. The van der Waals surface area contributed by atoms with Gasteiger partial charge < -0.3 is 15.2 Å². The van der Waals surface area contributed by atoms with Gasteiger partial charge >= 0.3 is 5.97 Å².